The van der Waals surface area contributed by atoms with Gasteiger partial charge in [-0.3, -0.25) is 4.79 Å². The number of carboxylic acid groups (broad SMARTS) is 1. The van der Waals surface area contributed by atoms with Gasteiger partial charge in [0.15, 0.2) is 0 Å². The summed E-state index contributed by atoms with van der Waals surface area (Å²) in [6.45, 7) is 0. The van der Waals surface area contributed by atoms with Crippen LogP contribution in [0, 0.1) is 0 Å². The van der Waals surface area contributed by atoms with Crippen molar-refractivity contribution in [3.63, 3.8) is 0 Å². The topological polar surface area (TPSA) is 57.5 Å². The quantitative estimate of drug-likeness (QED) is 0.791. The first-order valence-corrected chi connectivity index (χ1v) is 5.19. The Balaban J connectivity index is 2.28. The van der Waals surface area contributed by atoms with Gasteiger partial charge in [-0.2, -0.15) is 0 Å². The first-order valence-electron chi connectivity index (χ1n) is 5.19. The van der Waals surface area contributed by atoms with Gasteiger partial charge in [-0.05, 0) is 36.0 Å². The monoisotopic (exact) mass is 206 g/mol. The molecule has 0 fully saturated rings. The highest BCUT2D eigenvalue weighted by Gasteiger charge is 2.20. The summed E-state index contributed by atoms with van der Waals surface area (Å²) >= 11 is 0. The molecule has 0 aliphatic heterocycles. The van der Waals surface area contributed by atoms with Gasteiger partial charge in [0.25, 0.3) is 0 Å². The fourth-order valence-electron chi connectivity index (χ4n) is 2.24. The van der Waals surface area contributed by atoms with E-state index in [9.17, 15) is 9.90 Å². The lowest BCUT2D eigenvalue weighted by Crippen LogP contribution is -2.07. The molecule has 0 heterocycles. The number of aliphatic hydroxyl groups excluding tert-OH is 1. The van der Waals surface area contributed by atoms with Gasteiger partial charge in [0.05, 0.1) is 12.5 Å². The third-order valence-corrected chi connectivity index (χ3v) is 2.91. The second kappa shape index (κ2) is 4.03. The Kier molecular flexibility index (Phi) is 2.73. The van der Waals surface area contributed by atoms with Gasteiger partial charge in [-0.15, -0.1) is 0 Å². The van der Waals surface area contributed by atoms with Gasteiger partial charge in [-0.1, -0.05) is 18.2 Å². The number of hydrogen-bond acceptors (Lipinski definition) is 2. The smallest absolute Gasteiger partial charge is 0.306 e. The predicted octanol–water partition coefficient (Wildman–Crippen LogP) is 1.68. The Bertz CT molecular complexity index is 384. The minimum atomic E-state index is -0.960. The van der Waals surface area contributed by atoms with E-state index < -0.39 is 12.1 Å². The summed E-state index contributed by atoms with van der Waals surface area (Å²) in [4.78, 5) is 10.5. The number of carbonyl (C=O) groups is 1. The summed E-state index contributed by atoms with van der Waals surface area (Å²) in [5, 5.41) is 18.4. The molecule has 0 radical (unpaired) electrons. The molecule has 1 atom stereocenters. The number of aliphatic hydroxyl groups is 1. The highest BCUT2D eigenvalue weighted by Crippen LogP contribution is 2.30. The van der Waals surface area contributed by atoms with Crippen LogP contribution in [0.1, 0.15) is 35.6 Å². The molecule has 0 aromatic heterocycles. The van der Waals surface area contributed by atoms with Crippen LogP contribution >= 0.6 is 0 Å². The van der Waals surface area contributed by atoms with E-state index in [1.807, 2.05) is 12.1 Å². The Labute approximate surface area is 88.4 Å². The van der Waals surface area contributed by atoms with Crippen LogP contribution in [0.4, 0.5) is 0 Å². The van der Waals surface area contributed by atoms with Crippen molar-refractivity contribution in [2.24, 2.45) is 0 Å². The third kappa shape index (κ3) is 2.02. The van der Waals surface area contributed by atoms with Crippen molar-refractivity contribution in [2.75, 3.05) is 0 Å². The molecule has 3 heteroatoms. The standard InChI is InChI=1S/C12H14O3/c13-11(7-12(14)15)10-6-2-4-8-3-1-5-9(8)10/h2,4,6,11,13H,1,3,5,7H2,(H,14,15)/t11-/m1/s1. The fraction of sp³-hybridized carbons (Fsp3) is 0.417. The average molecular weight is 206 g/mol. The van der Waals surface area contributed by atoms with Crippen LogP contribution in [0.15, 0.2) is 18.2 Å². The molecular formula is C12H14O3. The Hall–Kier alpha value is -1.35. The predicted molar refractivity (Wildman–Crippen MR) is 55.7 cm³/mol. The van der Waals surface area contributed by atoms with Gasteiger partial charge >= 0.3 is 5.97 Å². The van der Waals surface area contributed by atoms with Crippen LogP contribution in [0.2, 0.25) is 0 Å². The van der Waals surface area contributed by atoms with Crippen molar-refractivity contribution in [2.45, 2.75) is 31.8 Å². The highest BCUT2D eigenvalue weighted by molar-refractivity contribution is 5.67. The second-order valence-corrected chi connectivity index (χ2v) is 3.95. The summed E-state index contributed by atoms with van der Waals surface area (Å²) in [6, 6.07) is 5.78. The second-order valence-electron chi connectivity index (χ2n) is 3.95. The number of aryl methyl sites for hydroxylation is 1. The van der Waals surface area contributed by atoms with E-state index in [0.29, 0.717) is 0 Å². The zero-order chi connectivity index (χ0) is 10.8. The zero-order valence-electron chi connectivity index (χ0n) is 8.44. The van der Waals surface area contributed by atoms with Crippen LogP contribution in [-0.2, 0) is 17.6 Å². The first-order chi connectivity index (χ1) is 7.18. The molecule has 3 nitrogen and oxygen atoms in total. The molecule has 1 aliphatic rings. The van der Waals surface area contributed by atoms with Gasteiger partial charge in [0.2, 0.25) is 0 Å². The Morgan fingerprint density at radius 1 is 1.40 bits per heavy atom. The van der Waals surface area contributed by atoms with Crippen molar-refractivity contribution in [3.8, 4) is 0 Å². The molecule has 1 aromatic carbocycles. The molecule has 15 heavy (non-hydrogen) atoms. The lowest BCUT2D eigenvalue weighted by molar-refractivity contribution is -0.139. The summed E-state index contributed by atoms with van der Waals surface area (Å²) in [5.74, 6) is -0.960. The van der Waals surface area contributed by atoms with Crippen LogP contribution in [0.3, 0.4) is 0 Å². The molecule has 0 saturated carbocycles. The molecule has 1 aliphatic carbocycles. The Morgan fingerprint density at radius 3 is 2.93 bits per heavy atom. The van der Waals surface area contributed by atoms with E-state index in [-0.39, 0.29) is 6.42 Å². The number of aliphatic carboxylic acids is 1. The molecule has 1 aromatic rings. The minimum Gasteiger partial charge on any atom is -0.481 e. The van der Waals surface area contributed by atoms with Crippen molar-refractivity contribution in [1.82, 2.24) is 0 Å². The van der Waals surface area contributed by atoms with Gasteiger partial charge < -0.3 is 10.2 Å². The number of carboxylic acids is 1. The number of fused-ring (bicyclic) bond motifs is 1. The summed E-state index contributed by atoms with van der Waals surface area (Å²) in [5.41, 5.74) is 3.22. The van der Waals surface area contributed by atoms with E-state index in [1.54, 1.807) is 0 Å². The molecule has 80 valence electrons. The van der Waals surface area contributed by atoms with Crippen molar-refractivity contribution in [1.29, 1.82) is 0 Å². The van der Waals surface area contributed by atoms with Crippen molar-refractivity contribution >= 4 is 5.97 Å². The SMILES string of the molecule is O=C(O)C[C@@H](O)c1cccc2c1CCC2. The average Bonchev–Trinajstić information content (AvgIpc) is 2.63. The van der Waals surface area contributed by atoms with Crippen LogP contribution in [0.5, 0.6) is 0 Å². The van der Waals surface area contributed by atoms with E-state index in [4.69, 9.17) is 5.11 Å². The van der Waals surface area contributed by atoms with E-state index in [1.165, 1.54) is 5.56 Å². The van der Waals surface area contributed by atoms with Crippen molar-refractivity contribution < 1.29 is 15.0 Å². The van der Waals surface area contributed by atoms with Crippen LogP contribution < -0.4 is 0 Å². The molecule has 0 bridgehead atoms. The fourth-order valence-corrected chi connectivity index (χ4v) is 2.24. The van der Waals surface area contributed by atoms with E-state index in [2.05, 4.69) is 6.07 Å². The molecular weight excluding hydrogens is 192 g/mol. The molecule has 0 spiro atoms. The summed E-state index contributed by atoms with van der Waals surface area (Å²) < 4.78 is 0. The summed E-state index contributed by atoms with van der Waals surface area (Å²) in [6.07, 6.45) is 2.03. The van der Waals surface area contributed by atoms with E-state index >= 15 is 0 Å². The van der Waals surface area contributed by atoms with Crippen LogP contribution in [0.25, 0.3) is 0 Å². The molecule has 0 amide bonds. The lowest BCUT2D eigenvalue weighted by atomic mass is 9.97. The van der Waals surface area contributed by atoms with Crippen LogP contribution in [-0.4, -0.2) is 16.2 Å². The normalized spacial score (nSPS) is 16.1. The highest BCUT2D eigenvalue weighted by atomic mass is 16.4. The summed E-state index contributed by atoms with van der Waals surface area (Å²) in [7, 11) is 0. The maximum atomic E-state index is 10.5. The molecule has 0 saturated heterocycles. The molecule has 0 unspecified atom stereocenters. The number of benzene rings is 1. The van der Waals surface area contributed by atoms with Gasteiger partial charge in [0.1, 0.15) is 0 Å². The zero-order valence-corrected chi connectivity index (χ0v) is 8.44. The minimum absolute atomic E-state index is 0.212. The molecule has 2 rings (SSSR count). The maximum absolute atomic E-state index is 10.5. The third-order valence-electron chi connectivity index (χ3n) is 2.91. The molecule has 2 N–H and O–H groups in total. The Morgan fingerprint density at radius 2 is 2.20 bits per heavy atom. The largest absolute Gasteiger partial charge is 0.481 e. The van der Waals surface area contributed by atoms with E-state index in [0.717, 1.165) is 30.4 Å². The van der Waals surface area contributed by atoms with Gasteiger partial charge in [-0.25, -0.2) is 0 Å². The maximum Gasteiger partial charge on any atom is 0.306 e. The van der Waals surface area contributed by atoms with Gasteiger partial charge in [0, 0.05) is 0 Å². The van der Waals surface area contributed by atoms with Crippen molar-refractivity contribution in [3.05, 3.63) is 34.9 Å². The number of hydrogen-bond donors (Lipinski definition) is 2. The number of rotatable bonds is 3. The first kappa shape index (κ1) is 10.2. The lowest BCUT2D eigenvalue weighted by Gasteiger charge is -2.13.